The number of rotatable bonds is 5. The topological polar surface area (TPSA) is 66.4 Å². The number of carbonyl (C=O) groups excluding carboxylic acids is 2. The van der Waals surface area contributed by atoms with Crippen molar-refractivity contribution in [1.29, 1.82) is 0 Å². The molecule has 0 aliphatic heterocycles. The minimum absolute atomic E-state index is 0.0143. The van der Waals surface area contributed by atoms with Crippen molar-refractivity contribution < 1.29 is 14.7 Å². The lowest BCUT2D eigenvalue weighted by Gasteiger charge is -2.06. The van der Waals surface area contributed by atoms with E-state index in [0.29, 0.717) is 10.6 Å². The number of para-hydroxylation sites is 2. The first-order valence-corrected chi connectivity index (χ1v) is 6.69. The summed E-state index contributed by atoms with van der Waals surface area (Å²) in [7, 11) is 0. The van der Waals surface area contributed by atoms with Gasteiger partial charge in [-0.15, -0.1) is 11.3 Å². The Morgan fingerprint density at radius 1 is 1.11 bits per heavy atom. The molecule has 19 heavy (non-hydrogen) atoms. The fourth-order valence-electron chi connectivity index (χ4n) is 1.58. The van der Waals surface area contributed by atoms with Crippen molar-refractivity contribution in [2.45, 2.75) is 12.8 Å². The van der Waals surface area contributed by atoms with Crippen LogP contribution in [-0.2, 0) is 4.79 Å². The fraction of sp³-hybridized carbons (Fsp3) is 0.143. The second-order valence-corrected chi connectivity index (χ2v) is 4.91. The molecule has 98 valence electrons. The van der Waals surface area contributed by atoms with Gasteiger partial charge in [0, 0.05) is 12.8 Å². The molecule has 1 amide bonds. The van der Waals surface area contributed by atoms with Gasteiger partial charge in [0.15, 0.2) is 5.78 Å². The van der Waals surface area contributed by atoms with Crippen LogP contribution in [0, 0.1) is 0 Å². The summed E-state index contributed by atoms with van der Waals surface area (Å²) in [5.41, 5.74) is 0.357. The first kappa shape index (κ1) is 13.3. The number of thiophene rings is 1. The Kier molecular flexibility index (Phi) is 4.30. The number of aromatic hydroxyl groups is 1. The predicted molar refractivity (Wildman–Crippen MR) is 74.6 cm³/mol. The Morgan fingerprint density at radius 2 is 1.89 bits per heavy atom. The Labute approximate surface area is 114 Å². The van der Waals surface area contributed by atoms with Crippen LogP contribution < -0.4 is 5.32 Å². The number of amides is 1. The number of benzene rings is 1. The summed E-state index contributed by atoms with van der Waals surface area (Å²) >= 11 is 1.37. The number of ketones is 1. The summed E-state index contributed by atoms with van der Waals surface area (Å²) in [5.74, 6) is -0.311. The Balaban J connectivity index is 1.86. The molecule has 0 bridgehead atoms. The average Bonchev–Trinajstić information content (AvgIpc) is 2.93. The van der Waals surface area contributed by atoms with Crippen molar-refractivity contribution in [3.8, 4) is 5.75 Å². The molecule has 0 saturated carbocycles. The van der Waals surface area contributed by atoms with Gasteiger partial charge in [0.1, 0.15) is 5.75 Å². The minimum Gasteiger partial charge on any atom is -0.506 e. The van der Waals surface area contributed by atoms with Crippen LogP contribution in [0.3, 0.4) is 0 Å². The van der Waals surface area contributed by atoms with Crippen LogP contribution in [0.1, 0.15) is 22.5 Å². The highest BCUT2D eigenvalue weighted by atomic mass is 32.1. The zero-order chi connectivity index (χ0) is 13.7. The monoisotopic (exact) mass is 275 g/mol. The minimum atomic E-state index is -0.286. The van der Waals surface area contributed by atoms with E-state index in [1.165, 1.54) is 17.4 Å². The maximum Gasteiger partial charge on any atom is 0.224 e. The van der Waals surface area contributed by atoms with Crippen molar-refractivity contribution in [3.63, 3.8) is 0 Å². The van der Waals surface area contributed by atoms with Gasteiger partial charge < -0.3 is 10.4 Å². The normalized spacial score (nSPS) is 10.1. The van der Waals surface area contributed by atoms with Crippen molar-refractivity contribution >= 4 is 28.7 Å². The summed E-state index contributed by atoms with van der Waals surface area (Å²) in [6, 6.07) is 10.0. The molecule has 1 aromatic carbocycles. The Morgan fingerprint density at radius 3 is 2.58 bits per heavy atom. The molecule has 5 heteroatoms. The molecule has 1 heterocycles. The lowest BCUT2D eigenvalue weighted by atomic mass is 10.2. The summed E-state index contributed by atoms with van der Waals surface area (Å²) in [5, 5.41) is 13.9. The molecule has 0 saturated heterocycles. The van der Waals surface area contributed by atoms with Gasteiger partial charge in [-0.3, -0.25) is 9.59 Å². The molecule has 0 spiro atoms. The molecular weight excluding hydrogens is 262 g/mol. The second-order valence-electron chi connectivity index (χ2n) is 3.97. The number of anilines is 1. The average molecular weight is 275 g/mol. The van der Waals surface area contributed by atoms with Gasteiger partial charge in [-0.1, -0.05) is 18.2 Å². The summed E-state index contributed by atoms with van der Waals surface area (Å²) < 4.78 is 0. The van der Waals surface area contributed by atoms with Crippen LogP contribution in [0.4, 0.5) is 5.69 Å². The number of hydrogen-bond acceptors (Lipinski definition) is 4. The molecule has 2 aromatic rings. The maximum absolute atomic E-state index is 11.7. The van der Waals surface area contributed by atoms with E-state index in [4.69, 9.17) is 0 Å². The van der Waals surface area contributed by atoms with Crippen molar-refractivity contribution in [1.82, 2.24) is 0 Å². The molecule has 0 atom stereocenters. The van der Waals surface area contributed by atoms with Crippen LogP contribution >= 0.6 is 11.3 Å². The largest absolute Gasteiger partial charge is 0.506 e. The molecule has 0 aliphatic carbocycles. The van der Waals surface area contributed by atoms with E-state index in [2.05, 4.69) is 5.32 Å². The molecular formula is C14H13NO3S. The number of Topliss-reactive ketones (excluding diaryl/α,β-unsaturated/α-hetero) is 1. The summed E-state index contributed by atoms with van der Waals surface area (Å²) in [4.78, 5) is 24.0. The van der Waals surface area contributed by atoms with E-state index in [-0.39, 0.29) is 30.3 Å². The molecule has 0 fully saturated rings. The molecule has 2 N–H and O–H groups in total. The molecule has 2 rings (SSSR count). The number of hydrogen-bond donors (Lipinski definition) is 2. The van der Waals surface area contributed by atoms with E-state index in [1.54, 1.807) is 30.3 Å². The van der Waals surface area contributed by atoms with Gasteiger partial charge in [-0.25, -0.2) is 0 Å². The van der Waals surface area contributed by atoms with Crippen LogP contribution in [0.25, 0.3) is 0 Å². The molecule has 0 aliphatic rings. The van der Waals surface area contributed by atoms with Crippen molar-refractivity contribution in [2.24, 2.45) is 0 Å². The Hall–Kier alpha value is -2.14. The van der Waals surface area contributed by atoms with Crippen LogP contribution in [-0.4, -0.2) is 16.8 Å². The van der Waals surface area contributed by atoms with Gasteiger partial charge in [0.05, 0.1) is 10.6 Å². The SMILES string of the molecule is O=C(CCC(=O)c1cccs1)Nc1ccccc1O. The number of nitrogens with one attached hydrogen (secondary N) is 1. The van der Waals surface area contributed by atoms with Gasteiger partial charge >= 0.3 is 0 Å². The van der Waals surface area contributed by atoms with Gasteiger partial charge in [0.25, 0.3) is 0 Å². The molecule has 0 radical (unpaired) electrons. The molecule has 1 aromatic heterocycles. The van der Waals surface area contributed by atoms with Crippen LogP contribution in [0.15, 0.2) is 41.8 Å². The zero-order valence-corrected chi connectivity index (χ0v) is 10.9. The van der Waals surface area contributed by atoms with E-state index in [0.717, 1.165) is 0 Å². The third kappa shape index (κ3) is 3.66. The van der Waals surface area contributed by atoms with Crippen molar-refractivity contribution in [3.05, 3.63) is 46.7 Å². The van der Waals surface area contributed by atoms with E-state index in [9.17, 15) is 14.7 Å². The predicted octanol–water partition coefficient (Wildman–Crippen LogP) is 3.06. The summed E-state index contributed by atoms with van der Waals surface area (Å²) in [6.07, 6.45) is 0.269. The fourth-order valence-corrected chi connectivity index (χ4v) is 2.27. The number of phenols is 1. The van der Waals surface area contributed by atoms with E-state index < -0.39 is 0 Å². The Bertz CT molecular complexity index is 578. The number of carbonyl (C=O) groups is 2. The van der Waals surface area contributed by atoms with Crippen molar-refractivity contribution in [2.75, 3.05) is 5.32 Å². The highest BCUT2D eigenvalue weighted by Crippen LogP contribution is 2.21. The molecule has 4 nitrogen and oxygen atoms in total. The van der Waals surface area contributed by atoms with E-state index >= 15 is 0 Å². The van der Waals surface area contributed by atoms with Gasteiger partial charge in [-0.05, 0) is 23.6 Å². The van der Waals surface area contributed by atoms with Gasteiger partial charge in [-0.2, -0.15) is 0 Å². The third-order valence-corrected chi connectivity index (χ3v) is 3.46. The first-order chi connectivity index (χ1) is 9.16. The zero-order valence-electron chi connectivity index (χ0n) is 10.1. The standard InChI is InChI=1S/C14H13NO3S/c16-11-5-2-1-4-10(11)15-14(18)8-7-12(17)13-6-3-9-19-13/h1-6,9,16H,7-8H2,(H,15,18). The second kappa shape index (κ2) is 6.15. The highest BCUT2D eigenvalue weighted by Gasteiger charge is 2.11. The first-order valence-electron chi connectivity index (χ1n) is 5.81. The smallest absolute Gasteiger partial charge is 0.224 e. The maximum atomic E-state index is 11.7. The van der Waals surface area contributed by atoms with E-state index in [1.807, 2.05) is 5.38 Å². The molecule has 0 unspecified atom stereocenters. The van der Waals surface area contributed by atoms with Crippen LogP contribution in [0.2, 0.25) is 0 Å². The highest BCUT2D eigenvalue weighted by molar-refractivity contribution is 7.12. The van der Waals surface area contributed by atoms with Crippen LogP contribution in [0.5, 0.6) is 5.75 Å². The third-order valence-electron chi connectivity index (χ3n) is 2.55. The lowest BCUT2D eigenvalue weighted by Crippen LogP contribution is -2.13. The lowest BCUT2D eigenvalue weighted by molar-refractivity contribution is -0.116. The number of phenolic OH excluding ortho intramolecular Hbond substituents is 1. The van der Waals surface area contributed by atoms with Gasteiger partial charge in [0.2, 0.25) is 5.91 Å². The quantitative estimate of drug-likeness (QED) is 0.651. The summed E-state index contributed by atoms with van der Waals surface area (Å²) in [6.45, 7) is 0.